The van der Waals surface area contributed by atoms with Gasteiger partial charge in [-0.15, -0.1) is 11.3 Å². The number of hydrogen-bond donors (Lipinski definition) is 1. The maximum Gasteiger partial charge on any atom is 0.355 e. The predicted molar refractivity (Wildman–Crippen MR) is 78.7 cm³/mol. The third kappa shape index (κ3) is 4.06. The van der Waals surface area contributed by atoms with E-state index < -0.39 is 5.97 Å². The Morgan fingerprint density at radius 1 is 1.35 bits per heavy atom. The second-order valence-corrected chi connectivity index (χ2v) is 5.32. The van der Waals surface area contributed by atoms with E-state index in [2.05, 4.69) is 24.0 Å². The van der Waals surface area contributed by atoms with Crippen LogP contribution in [0.2, 0.25) is 0 Å². The molecule has 0 radical (unpaired) electrons. The molecule has 4 nitrogen and oxygen atoms in total. The lowest BCUT2D eigenvalue weighted by atomic mass is 10.2. The highest BCUT2D eigenvalue weighted by atomic mass is 32.1. The number of hydrogen-bond acceptors (Lipinski definition) is 4. The lowest BCUT2D eigenvalue weighted by Gasteiger charge is -2.06. The Kier molecular flexibility index (Phi) is 5.12. The molecule has 1 aromatic heterocycles. The van der Waals surface area contributed by atoms with Gasteiger partial charge in [0.05, 0.1) is 11.6 Å². The first-order valence-corrected chi connectivity index (χ1v) is 7.46. The molecule has 0 fully saturated rings. The minimum Gasteiger partial charge on any atom is -0.494 e. The standard InChI is InChI=1S/C15H17NO3S/c1-2-11-5-7-12(8-6-11)19-9-3-4-14-16-13(10-20-14)15(17)18/h5-8,10H,2-4,9H2,1H3,(H,17,18). The lowest BCUT2D eigenvalue weighted by molar-refractivity contribution is 0.0691. The van der Waals surface area contributed by atoms with Gasteiger partial charge in [-0.25, -0.2) is 9.78 Å². The van der Waals surface area contributed by atoms with Crippen molar-refractivity contribution in [3.63, 3.8) is 0 Å². The molecule has 0 bridgehead atoms. The number of nitrogens with zero attached hydrogens (tertiary/aromatic N) is 1. The molecule has 0 amide bonds. The summed E-state index contributed by atoms with van der Waals surface area (Å²) in [5.41, 5.74) is 1.42. The van der Waals surface area contributed by atoms with E-state index in [-0.39, 0.29) is 5.69 Å². The fourth-order valence-electron chi connectivity index (χ4n) is 1.76. The summed E-state index contributed by atoms with van der Waals surface area (Å²) >= 11 is 1.38. The van der Waals surface area contributed by atoms with Crippen molar-refractivity contribution in [1.82, 2.24) is 4.98 Å². The number of aromatic carboxylic acids is 1. The Morgan fingerprint density at radius 3 is 2.70 bits per heavy atom. The summed E-state index contributed by atoms with van der Waals surface area (Å²) in [4.78, 5) is 14.7. The average Bonchev–Trinajstić information content (AvgIpc) is 2.93. The van der Waals surface area contributed by atoms with Crippen LogP contribution in [0.4, 0.5) is 0 Å². The molecule has 0 saturated heterocycles. The Labute approximate surface area is 122 Å². The van der Waals surface area contributed by atoms with Gasteiger partial charge in [-0.1, -0.05) is 19.1 Å². The van der Waals surface area contributed by atoms with E-state index in [4.69, 9.17) is 9.84 Å². The molecular formula is C15H17NO3S. The van der Waals surface area contributed by atoms with Gasteiger partial charge in [-0.2, -0.15) is 0 Å². The van der Waals surface area contributed by atoms with Gasteiger partial charge >= 0.3 is 5.97 Å². The van der Waals surface area contributed by atoms with Crippen molar-refractivity contribution in [2.45, 2.75) is 26.2 Å². The number of carboxylic acids is 1. The number of thiazole rings is 1. The first-order valence-electron chi connectivity index (χ1n) is 6.58. The van der Waals surface area contributed by atoms with Gasteiger partial charge in [0.1, 0.15) is 5.75 Å². The minimum absolute atomic E-state index is 0.126. The van der Waals surface area contributed by atoms with Gasteiger partial charge in [-0.05, 0) is 30.5 Å². The normalized spacial score (nSPS) is 10.4. The van der Waals surface area contributed by atoms with Crippen LogP contribution >= 0.6 is 11.3 Å². The van der Waals surface area contributed by atoms with Crippen molar-refractivity contribution in [1.29, 1.82) is 0 Å². The number of benzene rings is 1. The maximum atomic E-state index is 10.7. The maximum absolute atomic E-state index is 10.7. The van der Waals surface area contributed by atoms with Gasteiger partial charge < -0.3 is 9.84 Å². The van der Waals surface area contributed by atoms with Crippen molar-refractivity contribution in [2.75, 3.05) is 6.61 Å². The SMILES string of the molecule is CCc1ccc(OCCCc2nc(C(=O)O)cs2)cc1. The highest BCUT2D eigenvalue weighted by molar-refractivity contribution is 7.09. The van der Waals surface area contributed by atoms with Crippen molar-refractivity contribution in [2.24, 2.45) is 0 Å². The number of aryl methyl sites for hydroxylation is 2. The molecule has 1 aromatic carbocycles. The Balaban J connectivity index is 1.73. The van der Waals surface area contributed by atoms with Gasteiger partial charge in [-0.3, -0.25) is 0 Å². The fraction of sp³-hybridized carbons (Fsp3) is 0.333. The number of rotatable bonds is 7. The zero-order valence-electron chi connectivity index (χ0n) is 11.3. The Hall–Kier alpha value is -1.88. The topological polar surface area (TPSA) is 59.4 Å². The highest BCUT2D eigenvalue weighted by Gasteiger charge is 2.08. The number of carbonyl (C=O) groups is 1. The van der Waals surface area contributed by atoms with Crippen LogP contribution in [0.3, 0.4) is 0 Å². The second kappa shape index (κ2) is 7.05. The van der Waals surface area contributed by atoms with Crippen LogP contribution in [0.25, 0.3) is 0 Å². The monoisotopic (exact) mass is 291 g/mol. The summed E-state index contributed by atoms with van der Waals surface area (Å²) in [5, 5.41) is 11.2. The van der Waals surface area contributed by atoms with Crippen LogP contribution in [-0.4, -0.2) is 22.7 Å². The quantitative estimate of drug-likeness (QED) is 0.794. The molecule has 0 atom stereocenters. The van der Waals surface area contributed by atoms with Gasteiger partial charge in [0.15, 0.2) is 5.69 Å². The molecule has 0 aliphatic rings. The summed E-state index contributed by atoms with van der Waals surface area (Å²) in [6.45, 7) is 2.72. The van der Waals surface area contributed by atoms with E-state index in [0.717, 1.165) is 30.0 Å². The third-order valence-electron chi connectivity index (χ3n) is 2.91. The number of carboxylic acid groups (broad SMARTS) is 1. The largest absolute Gasteiger partial charge is 0.494 e. The summed E-state index contributed by atoms with van der Waals surface area (Å²) in [7, 11) is 0. The number of ether oxygens (including phenoxy) is 1. The van der Waals surface area contributed by atoms with Crippen LogP contribution < -0.4 is 4.74 Å². The Morgan fingerprint density at radius 2 is 2.10 bits per heavy atom. The van der Waals surface area contributed by atoms with Gasteiger partial charge in [0.2, 0.25) is 0 Å². The molecule has 0 aliphatic carbocycles. The molecule has 0 spiro atoms. The summed E-state index contributed by atoms with van der Waals surface area (Å²) in [6.07, 6.45) is 2.59. The summed E-state index contributed by atoms with van der Waals surface area (Å²) in [5.74, 6) is -0.104. The minimum atomic E-state index is -0.972. The van der Waals surface area contributed by atoms with Crippen LogP contribution in [-0.2, 0) is 12.8 Å². The van der Waals surface area contributed by atoms with Crippen LogP contribution in [0.5, 0.6) is 5.75 Å². The van der Waals surface area contributed by atoms with Crippen LogP contribution in [0.1, 0.15) is 34.4 Å². The van der Waals surface area contributed by atoms with Crippen LogP contribution in [0.15, 0.2) is 29.6 Å². The van der Waals surface area contributed by atoms with Crippen molar-refractivity contribution in [3.8, 4) is 5.75 Å². The third-order valence-corrected chi connectivity index (χ3v) is 3.81. The average molecular weight is 291 g/mol. The molecule has 2 aromatic rings. The van der Waals surface area contributed by atoms with E-state index in [9.17, 15) is 4.79 Å². The van der Waals surface area contributed by atoms with Crippen LogP contribution in [0, 0.1) is 0 Å². The molecule has 5 heteroatoms. The first kappa shape index (κ1) is 14.5. The first-order chi connectivity index (χ1) is 9.69. The van der Waals surface area contributed by atoms with Crippen molar-refractivity contribution < 1.29 is 14.6 Å². The molecule has 106 valence electrons. The predicted octanol–water partition coefficient (Wildman–Crippen LogP) is 3.42. The fourth-order valence-corrected chi connectivity index (χ4v) is 2.57. The highest BCUT2D eigenvalue weighted by Crippen LogP contribution is 2.14. The summed E-state index contributed by atoms with van der Waals surface area (Å²) in [6, 6.07) is 8.08. The molecular weight excluding hydrogens is 274 g/mol. The molecule has 2 rings (SSSR count). The molecule has 0 saturated carbocycles. The second-order valence-electron chi connectivity index (χ2n) is 4.38. The van der Waals surface area contributed by atoms with E-state index in [0.29, 0.717) is 6.61 Å². The van der Waals surface area contributed by atoms with E-state index in [1.54, 1.807) is 5.38 Å². The van der Waals surface area contributed by atoms with Gasteiger partial charge in [0, 0.05) is 11.8 Å². The molecule has 20 heavy (non-hydrogen) atoms. The van der Waals surface area contributed by atoms with E-state index in [1.165, 1.54) is 16.9 Å². The van der Waals surface area contributed by atoms with Crippen molar-refractivity contribution >= 4 is 17.3 Å². The van der Waals surface area contributed by atoms with E-state index >= 15 is 0 Å². The zero-order valence-corrected chi connectivity index (χ0v) is 12.2. The lowest BCUT2D eigenvalue weighted by Crippen LogP contribution is -2.00. The zero-order chi connectivity index (χ0) is 14.4. The van der Waals surface area contributed by atoms with E-state index in [1.807, 2.05) is 12.1 Å². The Bertz CT molecular complexity index is 563. The van der Waals surface area contributed by atoms with Crippen molar-refractivity contribution in [3.05, 3.63) is 45.9 Å². The van der Waals surface area contributed by atoms with Gasteiger partial charge in [0.25, 0.3) is 0 Å². The molecule has 1 heterocycles. The molecule has 0 unspecified atom stereocenters. The molecule has 0 aliphatic heterocycles. The smallest absolute Gasteiger partial charge is 0.355 e. The molecule has 1 N–H and O–H groups in total. The summed E-state index contributed by atoms with van der Waals surface area (Å²) < 4.78 is 5.64. The number of aromatic nitrogens is 1.